The molecule has 21 heavy (non-hydrogen) atoms. The Morgan fingerprint density at radius 3 is 2.43 bits per heavy atom. The summed E-state index contributed by atoms with van der Waals surface area (Å²) in [5, 5.41) is 0. The highest BCUT2D eigenvalue weighted by molar-refractivity contribution is 7.90. The van der Waals surface area contributed by atoms with E-state index >= 15 is 0 Å². The van der Waals surface area contributed by atoms with Crippen molar-refractivity contribution in [1.82, 2.24) is 0 Å². The molecule has 0 heterocycles. The number of nitrogens with two attached hydrogens (primary N) is 1. The van der Waals surface area contributed by atoms with Crippen molar-refractivity contribution in [3.63, 3.8) is 0 Å². The van der Waals surface area contributed by atoms with E-state index in [1.54, 1.807) is 19.1 Å². The molecule has 0 aliphatic carbocycles. The molecule has 0 unspecified atom stereocenters. The first-order valence-electron chi connectivity index (χ1n) is 6.61. The lowest BCUT2D eigenvalue weighted by atomic mass is 10.1. The van der Waals surface area contributed by atoms with Crippen molar-refractivity contribution < 1.29 is 12.8 Å². The number of rotatable bonds is 4. The van der Waals surface area contributed by atoms with Crippen molar-refractivity contribution in [3.05, 3.63) is 64.5 Å². The van der Waals surface area contributed by atoms with Gasteiger partial charge in [0.2, 0.25) is 0 Å². The Kier molecular flexibility index (Phi) is 4.44. The van der Waals surface area contributed by atoms with E-state index < -0.39 is 15.7 Å². The van der Waals surface area contributed by atoms with Crippen LogP contribution in [-0.4, -0.2) is 8.42 Å². The molecule has 3 nitrogen and oxygen atoms in total. The number of halogens is 1. The lowest BCUT2D eigenvalue weighted by Crippen LogP contribution is -2.11. The summed E-state index contributed by atoms with van der Waals surface area (Å²) in [5.74, 6) is -0.590. The normalized spacial score (nSPS) is 11.6. The lowest BCUT2D eigenvalue weighted by molar-refractivity contribution is 0.593. The zero-order valence-electron chi connectivity index (χ0n) is 12.1. The average molecular weight is 307 g/mol. The Morgan fingerprint density at radius 1 is 1.05 bits per heavy atom. The minimum absolute atomic E-state index is 0.107. The van der Waals surface area contributed by atoms with Gasteiger partial charge in [-0.3, -0.25) is 0 Å². The summed E-state index contributed by atoms with van der Waals surface area (Å²) in [5.41, 5.74) is 8.22. The maximum Gasteiger partial charge on any atom is 0.182 e. The monoisotopic (exact) mass is 307 g/mol. The van der Waals surface area contributed by atoms with E-state index in [4.69, 9.17) is 5.73 Å². The SMILES string of the molecule is Cc1ccc(C)c(S(=O)(=O)Cc2ccc(F)cc2CN)c1. The molecule has 0 radical (unpaired) electrons. The second-order valence-corrected chi connectivity index (χ2v) is 7.10. The van der Waals surface area contributed by atoms with Crippen LogP contribution in [0.5, 0.6) is 0 Å². The minimum atomic E-state index is -3.49. The third-order valence-electron chi connectivity index (χ3n) is 3.41. The summed E-state index contributed by atoms with van der Waals surface area (Å²) in [7, 11) is -3.49. The highest BCUT2D eigenvalue weighted by Gasteiger charge is 2.19. The van der Waals surface area contributed by atoms with Crippen LogP contribution >= 0.6 is 0 Å². The van der Waals surface area contributed by atoms with Crippen LogP contribution in [0, 0.1) is 19.7 Å². The molecule has 2 aromatic carbocycles. The van der Waals surface area contributed by atoms with Crippen molar-refractivity contribution in [2.75, 3.05) is 0 Å². The third-order valence-corrected chi connectivity index (χ3v) is 5.21. The molecule has 0 atom stereocenters. The molecular weight excluding hydrogens is 289 g/mol. The van der Waals surface area contributed by atoms with Crippen LogP contribution in [0.4, 0.5) is 4.39 Å². The molecule has 5 heteroatoms. The molecule has 0 bridgehead atoms. The quantitative estimate of drug-likeness (QED) is 0.945. The fourth-order valence-corrected chi connectivity index (χ4v) is 4.02. The molecule has 0 amide bonds. The molecular formula is C16H18FNO2S. The first-order chi connectivity index (χ1) is 9.83. The van der Waals surface area contributed by atoms with E-state index in [-0.39, 0.29) is 12.3 Å². The molecule has 2 rings (SSSR count). The van der Waals surface area contributed by atoms with Crippen LogP contribution in [0.15, 0.2) is 41.3 Å². The van der Waals surface area contributed by atoms with E-state index in [0.29, 0.717) is 21.6 Å². The zero-order chi connectivity index (χ0) is 15.6. The van der Waals surface area contributed by atoms with Gasteiger partial charge in [0.15, 0.2) is 9.84 Å². The van der Waals surface area contributed by atoms with Gasteiger partial charge < -0.3 is 5.73 Å². The molecule has 2 aromatic rings. The summed E-state index contributed by atoms with van der Waals surface area (Å²) in [6.45, 7) is 3.72. The summed E-state index contributed by atoms with van der Waals surface area (Å²) in [6.07, 6.45) is 0. The van der Waals surface area contributed by atoms with Crippen molar-refractivity contribution >= 4 is 9.84 Å². The number of hydrogen-bond donors (Lipinski definition) is 1. The van der Waals surface area contributed by atoms with Gasteiger partial charge in [0.25, 0.3) is 0 Å². The van der Waals surface area contributed by atoms with E-state index in [2.05, 4.69) is 0 Å². The van der Waals surface area contributed by atoms with Gasteiger partial charge in [0.1, 0.15) is 5.82 Å². The maximum atomic E-state index is 13.2. The lowest BCUT2D eigenvalue weighted by Gasteiger charge is -2.11. The number of sulfone groups is 1. The predicted molar refractivity (Wildman–Crippen MR) is 81.1 cm³/mol. The van der Waals surface area contributed by atoms with Crippen molar-refractivity contribution in [1.29, 1.82) is 0 Å². The maximum absolute atomic E-state index is 13.2. The van der Waals surface area contributed by atoms with Gasteiger partial charge in [-0.1, -0.05) is 18.2 Å². The van der Waals surface area contributed by atoms with Gasteiger partial charge in [-0.2, -0.15) is 0 Å². The summed E-state index contributed by atoms with van der Waals surface area (Å²) in [4.78, 5) is 0.315. The van der Waals surface area contributed by atoms with Crippen LogP contribution in [0.1, 0.15) is 22.3 Å². The molecule has 0 aliphatic rings. The summed E-state index contributed by atoms with van der Waals surface area (Å²) >= 11 is 0. The Hall–Kier alpha value is -1.72. The van der Waals surface area contributed by atoms with Gasteiger partial charge >= 0.3 is 0 Å². The van der Waals surface area contributed by atoms with E-state index in [1.165, 1.54) is 18.2 Å². The van der Waals surface area contributed by atoms with E-state index in [9.17, 15) is 12.8 Å². The topological polar surface area (TPSA) is 60.2 Å². The fraction of sp³-hybridized carbons (Fsp3) is 0.250. The van der Waals surface area contributed by atoms with Crippen LogP contribution in [-0.2, 0) is 22.1 Å². The predicted octanol–water partition coefficient (Wildman–Crippen LogP) is 2.88. The molecule has 0 aromatic heterocycles. The molecule has 0 aliphatic heterocycles. The second kappa shape index (κ2) is 5.95. The van der Waals surface area contributed by atoms with E-state index in [1.807, 2.05) is 13.0 Å². The van der Waals surface area contributed by atoms with Gasteiger partial charge in [0.05, 0.1) is 10.6 Å². The number of aryl methyl sites for hydroxylation is 2. The summed E-state index contributed by atoms with van der Waals surface area (Å²) in [6, 6.07) is 9.35. The second-order valence-electron chi connectivity index (χ2n) is 5.15. The average Bonchev–Trinajstić information content (AvgIpc) is 2.43. The van der Waals surface area contributed by atoms with Gasteiger partial charge in [-0.25, -0.2) is 12.8 Å². The Morgan fingerprint density at radius 2 is 1.76 bits per heavy atom. The minimum Gasteiger partial charge on any atom is -0.326 e. The molecule has 0 fully saturated rings. The van der Waals surface area contributed by atoms with Crippen molar-refractivity contribution in [2.45, 2.75) is 31.0 Å². The fourth-order valence-electron chi connectivity index (χ4n) is 2.25. The Bertz CT molecular complexity index is 770. The number of benzene rings is 2. The number of hydrogen-bond acceptors (Lipinski definition) is 3. The molecule has 2 N–H and O–H groups in total. The van der Waals surface area contributed by atoms with Crippen LogP contribution < -0.4 is 5.73 Å². The first-order valence-corrected chi connectivity index (χ1v) is 8.26. The highest BCUT2D eigenvalue weighted by atomic mass is 32.2. The van der Waals surface area contributed by atoms with Crippen LogP contribution in [0.2, 0.25) is 0 Å². The molecule has 112 valence electrons. The Balaban J connectivity index is 2.45. The van der Waals surface area contributed by atoms with Gasteiger partial charge in [0, 0.05) is 6.54 Å². The third kappa shape index (κ3) is 3.49. The highest BCUT2D eigenvalue weighted by Crippen LogP contribution is 2.23. The smallest absolute Gasteiger partial charge is 0.182 e. The van der Waals surface area contributed by atoms with Crippen molar-refractivity contribution in [3.8, 4) is 0 Å². The van der Waals surface area contributed by atoms with Crippen molar-refractivity contribution in [2.24, 2.45) is 5.73 Å². The summed E-state index contributed by atoms with van der Waals surface area (Å²) < 4.78 is 38.4. The Labute approximate surface area is 124 Å². The van der Waals surface area contributed by atoms with Crippen LogP contribution in [0.3, 0.4) is 0 Å². The largest absolute Gasteiger partial charge is 0.326 e. The van der Waals surface area contributed by atoms with Gasteiger partial charge in [-0.15, -0.1) is 0 Å². The molecule has 0 spiro atoms. The van der Waals surface area contributed by atoms with Crippen LogP contribution in [0.25, 0.3) is 0 Å². The first kappa shape index (κ1) is 15.7. The van der Waals surface area contributed by atoms with Gasteiger partial charge in [-0.05, 0) is 54.3 Å². The molecule has 0 saturated heterocycles. The molecule has 0 saturated carbocycles. The zero-order valence-corrected chi connectivity index (χ0v) is 12.9. The standard InChI is InChI=1S/C16H18FNO2S/c1-11-3-4-12(2)16(7-11)21(19,20)10-13-5-6-15(17)8-14(13)9-18/h3-8H,9-10,18H2,1-2H3. The van der Waals surface area contributed by atoms with E-state index in [0.717, 1.165) is 5.56 Å².